The molecule has 2 aliphatic heterocycles. The van der Waals surface area contributed by atoms with Crippen molar-refractivity contribution in [3.63, 3.8) is 0 Å². The third-order valence-corrected chi connectivity index (χ3v) is 6.15. The molecule has 0 saturated carbocycles. The summed E-state index contributed by atoms with van der Waals surface area (Å²) in [6.07, 6.45) is 2.13. The van der Waals surface area contributed by atoms with E-state index in [0.717, 1.165) is 32.5 Å². The predicted octanol–water partition coefficient (Wildman–Crippen LogP) is 2.17. The third kappa shape index (κ3) is 5.76. The van der Waals surface area contributed by atoms with Crippen LogP contribution in [0.2, 0.25) is 0 Å². The SMILES string of the molecule is N#Cc1ccc(CN2CCC(NC(=O)CC[C@@H]3NC(=O)c4ccccc4NC3=O)CC2)cc1. The summed E-state index contributed by atoms with van der Waals surface area (Å²) in [7, 11) is 0. The average molecular weight is 446 g/mol. The van der Waals surface area contributed by atoms with Crippen LogP contribution >= 0.6 is 0 Å². The van der Waals surface area contributed by atoms with Crippen LogP contribution in [0.1, 0.15) is 47.2 Å². The van der Waals surface area contributed by atoms with Crippen molar-refractivity contribution < 1.29 is 14.4 Å². The van der Waals surface area contributed by atoms with Gasteiger partial charge in [0.1, 0.15) is 6.04 Å². The number of nitrogens with zero attached hydrogens (tertiary/aromatic N) is 2. The standard InChI is InChI=1S/C25H27N5O3/c26-15-17-5-7-18(8-6-17)16-30-13-11-19(12-14-30)27-23(31)10-9-22-25(33)28-21-4-2-1-3-20(21)24(32)29-22/h1-8,19,22H,9-14,16H2,(H,27,31)(H,28,33)(H,29,32)/t22-/m0/s1. The van der Waals surface area contributed by atoms with Crippen LogP contribution in [0.25, 0.3) is 0 Å². The number of benzene rings is 2. The Balaban J connectivity index is 1.20. The van der Waals surface area contributed by atoms with Gasteiger partial charge in [0, 0.05) is 32.1 Å². The molecule has 4 rings (SSSR count). The fourth-order valence-electron chi connectivity index (χ4n) is 4.27. The molecule has 2 aromatic carbocycles. The maximum atomic E-state index is 12.5. The minimum Gasteiger partial charge on any atom is -0.353 e. The molecule has 170 valence electrons. The lowest BCUT2D eigenvalue weighted by molar-refractivity contribution is -0.122. The number of hydrogen-bond donors (Lipinski definition) is 3. The Hall–Kier alpha value is -3.70. The molecular weight excluding hydrogens is 418 g/mol. The number of hydrogen-bond acceptors (Lipinski definition) is 5. The normalized spacial score (nSPS) is 18.9. The first-order chi connectivity index (χ1) is 16.0. The highest BCUT2D eigenvalue weighted by Crippen LogP contribution is 2.19. The fourth-order valence-corrected chi connectivity index (χ4v) is 4.27. The van der Waals surface area contributed by atoms with Gasteiger partial charge in [-0.1, -0.05) is 24.3 Å². The summed E-state index contributed by atoms with van der Waals surface area (Å²) >= 11 is 0. The first-order valence-corrected chi connectivity index (χ1v) is 11.2. The molecule has 8 heteroatoms. The smallest absolute Gasteiger partial charge is 0.254 e. The second-order valence-corrected chi connectivity index (χ2v) is 8.53. The third-order valence-electron chi connectivity index (χ3n) is 6.15. The lowest BCUT2D eigenvalue weighted by Crippen LogP contribution is -2.45. The molecule has 33 heavy (non-hydrogen) atoms. The number of fused-ring (bicyclic) bond motifs is 1. The van der Waals surface area contributed by atoms with Crippen LogP contribution in [0, 0.1) is 11.3 Å². The summed E-state index contributed by atoms with van der Waals surface area (Å²) in [6, 6.07) is 16.0. The average Bonchev–Trinajstić information content (AvgIpc) is 2.95. The number of piperidine rings is 1. The monoisotopic (exact) mass is 445 g/mol. The maximum Gasteiger partial charge on any atom is 0.254 e. The maximum absolute atomic E-state index is 12.5. The Morgan fingerprint density at radius 1 is 1.09 bits per heavy atom. The summed E-state index contributed by atoms with van der Waals surface area (Å²) in [4.78, 5) is 39.7. The van der Waals surface area contributed by atoms with Gasteiger partial charge in [0.15, 0.2) is 0 Å². The Morgan fingerprint density at radius 3 is 2.55 bits per heavy atom. The van der Waals surface area contributed by atoms with Crippen LogP contribution < -0.4 is 16.0 Å². The predicted molar refractivity (Wildman–Crippen MR) is 123 cm³/mol. The molecule has 0 aromatic heterocycles. The van der Waals surface area contributed by atoms with Gasteiger partial charge < -0.3 is 16.0 Å². The van der Waals surface area contributed by atoms with Gasteiger partial charge >= 0.3 is 0 Å². The highest BCUT2D eigenvalue weighted by Gasteiger charge is 2.28. The van der Waals surface area contributed by atoms with E-state index in [2.05, 4.69) is 26.9 Å². The first kappa shape index (κ1) is 22.5. The van der Waals surface area contributed by atoms with Crippen molar-refractivity contribution in [3.8, 4) is 6.07 Å². The van der Waals surface area contributed by atoms with E-state index in [9.17, 15) is 14.4 Å². The molecule has 3 N–H and O–H groups in total. The summed E-state index contributed by atoms with van der Waals surface area (Å²) < 4.78 is 0. The largest absolute Gasteiger partial charge is 0.353 e. The molecule has 1 atom stereocenters. The molecule has 3 amide bonds. The number of likely N-dealkylation sites (tertiary alicyclic amines) is 1. The van der Waals surface area contributed by atoms with Gasteiger partial charge in [-0.05, 0) is 49.1 Å². The number of carbonyl (C=O) groups is 3. The Bertz CT molecular complexity index is 1070. The number of rotatable bonds is 6. The van der Waals surface area contributed by atoms with Gasteiger partial charge in [0.05, 0.1) is 22.9 Å². The van der Waals surface area contributed by atoms with Gasteiger partial charge in [-0.15, -0.1) is 0 Å². The van der Waals surface area contributed by atoms with E-state index in [0.29, 0.717) is 16.8 Å². The highest BCUT2D eigenvalue weighted by atomic mass is 16.2. The van der Waals surface area contributed by atoms with E-state index in [-0.39, 0.29) is 36.6 Å². The second-order valence-electron chi connectivity index (χ2n) is 8.53. The number of nitrogens with one attached hydrogen (secondary N) is 3. The minimum atomic E-state index is -0.745. The first-order valence-electron chi connectivity index (χ1n) is 11.2. The molecule has 1 saturated heterocycles. The zero-order chi connectivity index (χ0) is 23.2. The zero-order valence-electron chi connectivity index (χ0n) is 18.3. The fraction of sp³-hybridized carbons (Fsp3) is 0.360. The van der Waals surface area contributed by atoms with Crippen molar-refractivity contribution in [2.24, 2.45) is 0 Å². The summed E-state index contributed by atoms with van der Waals surface area (Å²) in [6.45, 7) is 2.58. The second kappa shape index (κ2) is 10.3. The molecule has 0 radical (unpaired) electrons. The summed E-state index contributed by atoms with van der Waals surface area (Å²) in [5, 5.41) is 17.5. The molecule has 0 aliphatic carbocycles. The molecule has 2 aliphatic rings. The van der Waals surface area contributed by atoms with Crippen LogP contribution in [0.5, 0.6) is 0 Å². The van der Waals surface area contributed by atoms with E-state index >= 15 is 0 Å². The van der Waals surface area contributed by atoms with E-state index in [1.54, 1.807) is 24.3 Å². The molecule has 0 spiro atoms. The van der Waals surface area contributed by atoms with Crippen LogP contribution in [-0.4, -0.2) is 47.8 Å². The van der Waals surface area contributed by atoms with Crippen LogP contribution in [0.3, 0.4) is 0 Å². The molecule has 2 heterocycles. The van der Waals surface area contributed by atoms with Crippen molar-refractivity contribution in [2.45, 2.75) is 44.3 Å². The van der Waals surface area contributed by atoms with Crippen molar-refractivity contribution in [1.29, 1.82) is 5.26 Å². The van der Waals surface area contributed by atoms with Crippen molar-refractivity contribution in [3.05, 3.63) is 65.2 Å². The molecule has 1 fully saturated rings. The lowest BCUT2D eigenvalue weighted by atomic mass is 10.0. The van der Waals surface area contributed by atoms with Gasteiger partial charge in [-0.3, -0.25) is 19.3 Å². The van der Waals surface area contributed by atoms with E-state index in [1.807, 2.05) is 24.3 Å². The number of amides is 3. The zero-order valence-corrected chi connectivity index (χ0v) is 18.3. The summed E-state index contributed by atoms with van der Waals surface area (Å²) in [5.74, 6) is -0.731. The van der Waals surface area contributed by atoms with Crippen molar-refractivity contribution in [2.75, 3.05) is 18.4 Å². The lowest BCUT2D eigenvalue weighted by Gasteiger charge is -2.32. The molecule has 2 aromatic rings. The highest BCUT2D eigenvalue weighted by molar-refractivity contribution is 6.09. The topological polar surface area (TPSA) is 114 Å². The van der Waals surface area contributed by atoms with Gasteiger partial charge in [-0.25, -0.2) is 0 Å². The number of carbonyl (C=O) groups excluding carboxylic acids is 3. The van der Waals surface area contributed by atoms with Crippen LogP contribution in [0.15, 0.2) is 48.5 Å². The van der Waals surface area contributed by atoms with Crippen LogP contribution in [-0.2, 0) is 16.1 Å². The van der Waals surface area contributed by atoms with Crippen LogP contribution in [0.4, 0.5) is 5.69 Å². The van der Waals surface area contributed by atoms with Gasteiger partial charge in [0.2, 0.25) is 11.8 Å². The van der Waals surface area contributed by atoms with E-state index in [4.69, 9.17) is 5.26 Å². The van der Waals surface area contributed by atoms with Gasteiger partial charge in [0.25, 0.3) is 5.91 Å². The number of nitriles is 1. The number of anilines is 1. The van der Waals surface area contributed by atoms with Crippen molar-refractivity contribution >= 4 is 23.4 Å². The Labute approximate surface area is 193 Å². The minimum absolute atomic E-state index is 0.107. The summed E-state index contributed by atoms with van der Waals surface area (Å²) in [5.41, 5.74) is 2.73. The molecule has 8 nitrogen and oxygen atoms in total. The van der Waals surface area contributed by atoms with E-state index < -0.39 is 6.04 Å². The number of para-hydroxylation sites is 1. The molecule has 0 unspecified atom stereocenters. The quantitative estimate of drug-likeness (QED) is 0.631. The Morgan fingerprint density at radius 2 is 1.82 bits per heavy atom. The Kier molecular flexibility index (Phi) is 7.01. The van der Waals surface area contributed by atoms with E-state index in [1.165, 1.54) is 5.56 Å². The van der Waals surface area contributed by atoms with Gasteiger partial charge in [-0.2, -0.15) is 5.26 Å². The molecule has 0 bridgehead atoms. The molecular formula is C25H27N5O3. The van der Waals surface area contributed by atoms with Crippen molar-refractivity contribution in [1.82, 2.24) is 15.5 Å².